The van der Waals surface area contributed by atoms with E-state index in [2.05, 4.69) is 0 Å². The van der Waals surface area contributed by atoms with E-state index in [9.17, 15) is 21.6 Å². The van der Waals surface area contributed by atoms with Gasteiger partial charge in [-0.25, -0.2) is 0 Å². The molecular weight excluding hydrogens is 288 g/mol. The van der Waals surface area contributed by atoms with Crippen molar-refractivity contribution < 1.29 is 30.8 Å². The summed E-state index contributed by atoms with van der Waals surface area (Å²) in [5.41, 5.74) is -0.845. The summed E-state index contributed by atoms with van der Waals surface area (Å²) in [4.78, 5) is -0.436. The van der Waals surface area contributed by atoms with Crippen molar-refractivity contribution in [1.29, 1.82) is 0 Å². The normalized spacial score (nSPS) is 12.2. The fourth-order valence-electron chi connectivity index (χ4n) is 1.67. The zero-order valence-electron chi connectivity index (χ0n) is 9.18. The largest absolute Gasteiger partial charge is 0.417 e. The first-order chi connectivity index (χ1) is 8.19. The third kappa shape index (κ3) is 3.02. The highest BCUT2D eigenvalue weighted by atomic mass is 32.2. The van der Waals surface area contributed by atoms with Crippen molar-refractivity contribution in [2.75, 3.05) is 0 Å². The zero-order valence-corrected chi connectivity index (χ0v) is 9.99. The van der Waals surface area contributed by atoms with Crippen LogP contribution in [-0.4, -0.2) is 13.0 Å². The van der Waals surface area contributed by atoms with Gasteiger partial charge >= 0.3 is 6.18 Å². The molecule has 0 radical (unpaired) electrons. The summed E-state index contributed by atoms with van der Waals surface area (Å²) in [5, 5.41) is -0.0163. The molecule has 2 aromatic carbocycles. The van der Waals surface area contributed by atoms with Crippen molar-refractivity contribution in [2.45, 2.75) is 11.1 Å². The standard InChI is InChI=1S/C11H7F3O3S.FH/c12-11(13,14)10-3-1-2-7-6-8(18(15,16)17)4-5-9(7)10;/h1-6H,(H,15,16,17);1H. The van der Waals surface area contributed by atoms with E-state index >= 15 is 0 Å². The number of fused-ring (bicyclic) bond motifs is 1. The van der Waals surface area contributed by atoms with E-state index in [1.807, 2.05) is 0 Å². The molecule has 0 saturated heterocycles. The van der Waals surface area contributed by atoms with Crippen molar-refractivity contribution in [1.82, 2.24) is 0 Å². The van der Waals surface area contributed by atoms with Gasteiger partial charge in [-0.3, -0.25) is 9.26 Å². The molecule has 19 heavy (non-hydrogen) atoms. The molecule has 0 saturated carbocycles. The topological polar surface area (TPSA) is 54.4 Å². The van der Waals surface area contributed by atoms with E-state index in [-0.39, 0.29) is 15.5 Å². The van der Waals surface area contributed by atoms with E-state index in [1.54, 1.807) is 0 Å². The van der Waals surface area contributed by atoms with Crippen LogP contribution in [0.15, 0.2) is 41.3 Å². The lowest BCUT2D eigenvalue weighted by Gasteiger charge is -2.10. The third-order valence-corrected chi connectivity index (χ3v) is 3.30. The summed E-state index contributed by atoms with van der Waals surface area (Å²) in [6, 6.07) is 6.40. The Bertz CT molecular complexity index is 707. The Morgan fingerprint density at radius 2 is 1.68 bits per heavy atom. The van der Waals surface area contributed by atoms with Gasteiger partial charge in [-0.15, -0.1) is 0 Å². The molecule has 0 heterocycles. The van der Waals surface area contributed by atoms with Crippen molar-refractivity contribution in [3.63, 3.8) is 0 Å². The monoisotopic (exact) mass is 296 g/mol. The van der Waals surface area contributed by atoms with Crippen LogP contribution in [0.1, 0.15) is 5.56 Å². The van der Waals surface area contributed by atoms with Crippen molar-refractivity contribution in [3.8, 4) is 0 Å². The maximum absolute atomic E-state index is 12.7. The number of rotatable bonds is 1. The van der Waals surface area contributed by atoms with Gasteiger partial charge in [0.15, 0.2) is 0 Å². The molecule has 8 heteroatoms. The molecule has 2 aromatic rings. The van der Waals surface area contributed by atoms with Gasteiger partial charge in [0.05, 0.1) is 10.5 Å². The third-order valence-electron chi connectivity index (χ3n) is 2.46. The number of alkyl halides is 3. The van der Waals surface area contributed by atoms with Crippen molar-refractivity contribution in [2.24, 2.45) is 0 Å². The first-order valence-electron chi connectivity index (χ1n) is 4.77. The fourth-order valence-corrected chi connectivity index (χ4v) is 2.19. The minimum atomic E-state index is -4.51. The molecule has 0 unspecified atom stereocenters. The fraction of sp³-hybridized carbons (Fsp3) is 0.0909. The van der Waals surface area contributed by atoms with Crippen LogP contribution in [0.3, 0.4) is 0 Å². The number of halogens is 4. The molecule has 1 N–H and O–H groups in total. The van der Waals surface area contributed by atoms with Crippen LogP contribution < -0.4 is 0 Å². The van der Waals surface area contributed by atoms with Gasteiger partial charge in [0, 0.05) is 0 Å². The van der Waals surface area contributed by atoms with Crippen LogP contribution in [0, 0.1) is 0 Å². The summed E-state index contributed by atoms with van der Waals surface area (Å²) in [5.74, 6) is 0. The van der Waals surface area contributed by atoms with E-state index in [1.165, 1.54) is 12.1 Å². The molecule has 0 bridgehead atoms. The second-order valence-corrected chi connectivity index (χ2v) is 5.08. The highest BCUT2D eigenvalue weighted by Crippen LogP contribution is 2.35. The lowest BCUT2D eigenvalue weighted by molar-refractivity contribution is -0.136. The molecule has 0 atom stereocenters. The summed E-state index contributed by atoms with van der Waals surface area (Å²) in [7, 11) is -4.42. The predicted octanol–water partition coefficient (Wildman–Crippen LogP) is 3.26. The van der Waals surface area contributed by atoms with E-state index < -0.39 is 26.8 Å². The first-order valence-corrected chi connectivity index (χ1v) is 6.21. The van der Waals surface area contributed by atoms with Crippen LogP contribution in [-0.2, 0) is 16.3 Å². The van der Waals surface area contributed by atoms with Crippen molar-refractivity contribution >= 4 is 20.9 Å². The second kappa shape index (κ2) is 4.78. The number of hydrogen-bond acceptors (Lipinski definition) is 2. The molecular formula is C11H8F4O3S. The maximum Gasteiger partial charge on any atom is 0.417 e. The summed E-state index contributed by atoms with van der Waals surface area (Å²) in [6.07, 6.45) is -4.51. The SMILES string of the molecule is F.O=S(=O)(O)c1ccc2c(C(F)(F)F)cccc2c1. The minimum Gasteiger partial charge on any atom is -0.282 e. The number of hydrogen-bond donors (Lipinski definition) is 1. The summed E-state index contributed by atoms with van der Waals surface area (Å²) >= 11 is 0. The van der Waals surface area contributed by atoms with E-state index in [4.69, 9.17) is 4.55 Å². The Kier molecular flexibility index (Phi) is 3.87. The minimum absolute atomic E-state index is 0. The van der Waals surface area contributed by atoms with Gasteiger partial charge in [0.1, 0.15) is 0 Å². The lowest BCUT2D eigenvalue weighted by atomic mass is 10.0. The molecule has 0 aliphatic carbocycles. The van der Waals surface area contributed by atoms with Crippen LogP contribution in [0.5, 0.6) is 0 Å². The van der Waals surface area contributed by atoms with Crippen LogP contribution in [0.25, 0.3) is 10.8 Å². The average molecular weight is 296 g/mol. The van der Waals surface area contributed by atoms with Crippen LogP contribution in [0.4, 0.5) is 17.9 Å². The van der Waals surface area contributed by atoms with E-state index in [0.29, 0.717) is 0 Å². The lowest BCUT2D eigenvalue weighted by Crippen LogP contribution is -2.06. The summed E-state index contributed by atoms with van der Waals surface area (Å²) in [6.45, 7) is 0. The van der Waals surface area contributed by atoms with Gasteiger partial charge in [0.2, 0.25) is 0 Å². The predicted molar refractivity (Wildman–Crippen MR) is 61.3 cm³/mol. The van der Waals surface area contributed by atoms with Gasteiger partial charge in [0.25, 0.3) is 10.1 Å². The molecule has 2 rings (SSSR count). The molecule has 0 amide bonds. The Morgan fingerprint density at radius 3 is 2.21 bits per heavy atom. The Balaban J connectivity index is 0.00000180. The Labute approximate surface area is 105 Å². The molecule has 0 aromatic heterocycles. The molecule has 104 valence electrons. The van der Waals surface area contributed by atoms with Gasteiger partial charge in [-0.1, -0.05) is 18.2 Å². The number of benzene rings is 2. The maximum atomic E-state index is 12.7. The molecule has 3 nitrogen and oxygen atoms in total. The highest BCUT2D eigenvalue weighted by Gasteiger charge is 2.32. The first kappa shape index (κ1) is 15.4. The second-order valence-electron chi connectivity index (χ2n) is 3.66. The van der Waals surface area contributed by atoms with Gasteiger partial charge < -0.3 is 0 Å². The van der Waals surface area contributed by atoms with Crippen LogP contribution >= 0.6 is 0 Å². The molecule has 0 spiro atoms. The quantitative estimate of drug-likeness (QED) is 0.649. The van der Waals surface area contributed by atoms with Crippen molar-refractivity contribution in [3.05, 3.63) is 42.0 Å². The smallest absolute Gasteiger partial charge is 0.282 e. The van der Waals surface area contributed by atoms with Gasteiger partial charge in [-0.2, -0.15) is 21.6 Å². The Hall–Kier alpha value is -1.67. The molecule has 0 aliphatic heterocycles. The van der Waals surface area contributed by atoms with Gasteiger partial charge in [-0.05, 0) is 29.0 Å². The van der Waals surface area contributed by atoms with E-state index in [0.717, 1.165) is 24.3 Å². The Morgan fingerprint density at radius 1 is 1.05 bits per heavy atom. The molecule has 0 fully saturated rings. The zero-order chi connectivity index (χ0) is 13.6. The van der Waals surface area contributed by atoms with Crippen LogP contribution in [0.2, 0.25) is 0 Å². The highest BCUT2D eigenvalue weighted by molar-refractivity contribution is 7.85. The summed E-state index contributed by atoms with van der Waals surface area (Å²) < 4.78 is 68.7. The molecule has 0 aliphatic rings. The average Bonchev–Trinajstić information content (AvgIpc) is 2.25.